The first-order valence-corrected chi connectivity index (χ1v) is 11.2. The Morgan fingerprint density at radius 3 is 2.04 bits per heavy atom. The van der Waals surface area contributed by atoms with Crippen molar-refractivity contribution in [1.29, 1.82) is 5.26 Å². The molecule has 3 rings (SSSR count). The second kappa shape index (κ2) is 7.40. The van der Waals surface area contributed by atoms with E-state index >= 15 is 0 Å². The normalized spacial score (nSPS) is 16.7. The van der Waals surface area contributed by atoms with Crippen LogP contribution in [0.2, 0.25) is 0 Å². The summed E-state index contributed by atoms with van der Waals surface area (Å²) in [6.45, 7) is 2.00. The van der Waals surface area contributed by atoms with E-state index in [0.717, 1.165) is 5.56 Å². The lowest BCUT2D eigenvalue weighted by Gasteiger charge is -2.33. The lowest BCUT2D eigenvalue weighted by molar-refractivity contribution is 0.273. The highest BCUT2D eigenvalue weighted by Gasteiger charge is 2.34. The van der Waals surface area contributed by atoms with Crippen LogP contribution >= 0.6 is 0 Å². The Balaban J connectivity index is 1.80. The molecule has 1 aliphatic heterocycles. The van der Waals surface area contributed by atoms with Gasteiger partial charge in [-0.2, -0.15) is 13.9 Å². The largest absolute Gasteiger partial charge is 0.244 e. The number of sulfonamides is 2. The average Bonchev–Trinajstić information content (AvgIpc) is 2.68. The molecule has 0 aromatic heterocycles. The van der Waals surface area contributed by atoms with Gasteiger partial charge in [0.25, 0.3) is 0 Å². The molecule has 0 bridgehead atoms. The maximum Gasteiger partial charge on any atom is 0.244 e. The van der Waals surface area contributed by atoms with E-state index in [0.29, 0.717) is 0 Å². The Morgan fingerprint density at radius 2 is 1.44 bits per heavy atom. The Bertz CT molecular complexity index is 1100. The maximum absolute atomic E-state index is 12.8. The van der Waals surface area contributed by atoms with E-state index in [-0.39, 0.29) is 41.5 Å². The van der Waals surface area contributed by atoms with Crippen LogP contribution in [-0.2, 0) is 20.0 Å². The second-order valence-electron chi connectivity index (χ2n) is 6.23. The first kappa shape index (κ1) is 19.5. The first-order valence-electron chi connectivity index (χ1n) is 8.33. The molecule has 0 atom stereocenters. The zero-order valence-corrected chi connectivity index (χ0v) is 16.4. The highest BCUT2D eigenvalue weighted by atomic mass is 32.2. The third-order valence-electron chi connectivity index (χ3n) is 4.45. The summed E-state index contributed by atoms with van der Waals surface area (Å²) in [5, 5.41) is 9.16. The molecule has 0 aliphatic carbocycles. The third kappa shape index (κ3) is 3.75. The quantitative estimate of drug-likeness (QED) is 0.769. The predicted octanol–water partition coefficient (Wildman–Crippen LogP) is 1.56. The molecular formula is C18H19N3O4S2. The van der Waals surface area contributed by atoms with Gasteiger partial charge in [0.15, 0.2) is 0 Å². The van der Waals surface area contributed by atoms with E-state index in [1.807, 2.05) is 19.1 Å². The van der Waals surface area contributed by atoms with Gasteiger partial charge in [0.1, 0.15) is 6.07 Å². The van der Waals surface area contributed by atoms with Crippen LogP contribution in [0.15, 0.2) is 58.3 Å². The van der Waals surface area contributed by atoms with Gasteiger partial charge in [-0.05, 0) is 36.8 Å². The summed E-state index contributed by atoms with van der Waals surface area (Å²) in [7, 11) is -7.53. The van der Waals surface area contributed by atoms with Crippen molar-refractivity contribution in [3.05, 3.63) is 59.7 Å². The van der Waals surface area contributed by atoms with E-state index in [1.165, 1.54) is 26.8 Å². The molecular weight excluding hydrogens is 386 g/mol. The molecule has 1 saturated heterocycles. The van der Waals surface area contributed by atoms with Crippen molar-refractivity contribution < 1.29 is 16.8 Å². The molecule has 0 spiro atoms. The van der Waals surface area contributed by atoms with E-state index in [2.05, 4.69) is 0 Å². The van der Waals surface area contributed by atoms with Gasteiger partial charge in [-0.1, -0.05) is 24.3 Å². The van der Waals surface area contributed by atoms with Crippen LogP contribution in [0, 0.1) is 18.3 Å². The zero-order chi connectivity index (χ0) is 19.7. The van der Waals surface area contributed by atoms with Crippen LogP contribution in [-0.4, -0.2) is 51.6 Å². The van der Waals surface area contributed by atoms with Gasteiger partial charge < -0.3 is 0 Å². The molecule has 1 aliphatic rings. The fourth-order valence-corrected chi connectivity index (χ4v) is 6.09. The zero-order valence-electron chi connectivity index (χ0n) is 14.7. The summed E-state index contributed by atoms with van der Waals surface area (Å²) >= 11 is 0. The molecule has 7 nitrogen and oxygen atoms in total. The number of benzene rings is 2. The van der Waals surface area contributed by atoms with Crippen LogP contribution < -0.4 is 0 Å². The Kier molecular flexibility index (Phi) is 5.35. The van der Waals surface area contributed by atoms with Crippen molar-refractivity contribution in [2.75, 3.05) is 26.2 Å². The number of rotatable bonds is 4. The number of hydrogen-bond donors (Lipinski definition) is 0. The minimum absolute atomic E-state index is 0.0349. The highest BCUT2D eigenvalue weighted by Crippen LogP contribution is 2.23. The molecule has 1 heterocycles. The molecule has 9 heteroatoms. The molecule has 0 amide bonds. The monoisotopic (exact) mass is 405 g/mol. The summed E-state index contributed by atoms with van der Waals surface area (Å²) in [5.74, 6) is 0. The summed E-state index contributed by atoms with van der Waals surface area (Å²) in [4.78, 5) is 0.149. The standard InChI is InChI=1S/C18H19N3O4S2/c1-15-5-4-7-17(13-15)26(22,23)20-9-11-21(12-10-20)27(24,25)18-8-3-2-6-16(18)14-19/h2-8,13H,9-12H2,1H3. The number of nitrogens with zero attached hydrogens (tertiary/aromatic N) is 3. The second-order valence-corrected chi connectivity index (χ2v) is 10.1. The highest BCUT2D eigenvalue weighted by molar-refractivity contribution is 7.89. The van der Waals surface area contributed by atoms with E-state index in [9.17, 15) is 16.8 Å². The van der Waals surface area contributed by atoms with Gasteiger partial charge in [0, 0.05) is 26.2 Å². The average molecular weight is 406 g/mol. The van der Waals surface area contributed by atoms with Crippen molar-refractivity contribution in [3.63, 3.8) is 0 Å². The molecule has 2 aromatic rings. The number of hydrogen-bond acceptors (Lipinski definition) is 5. The lowest BCUT2D eigenvalue weighted by atomic mass is 10.2. The third-order valence-corrected chi connectivity index (χ3v) is 8.30. The Morgan fingerprint density at radius 1 is 0.852 bits per heavy atom. The molecule has 2 aromatic carbocycles. The van der Waals surface area contributed by atoms with Crippen LogP contribution in [0.4, 0.5) is 0 Å². The van der Waals surface area contributed by atoms with Gasteiger partial charge in [-0.25, -0.2) is 16.8 Å². The van der Waals surface area contributed by atoms with Gasteiger partial charge in [-0.15, -0.1) is 0 Å². The minimum atomic E-state index is -3.86. The number of nitriles is 1. The first-order chi connectivity index (χ1) is 12.8. The van der Waals surface area contributed by atoms with Crippen molar-refractivity contribution in [2.45, 2.75) is 16.7 Å². The Labute approximate surface area is 159 Å². The lowest BCUT2D eigenvalue weighted by Crippen LogP contribution is -2.50. The predicted molar refractivity (Wildman–Crippen MR) is 99.9 cm³/mol. The van der Waals surface area contributed by atoms with Crippen molar-refractivity contribution >= 4 is 20.0 Å². The fraction of sp³-hybridized carbons (Fsp3) is 0.278. The van der Waals surface area contributed by atoms with Crippen molar-refractivity contribution in [1.82, 2.24) is 8.61 Å². The van der Waals surface area contributed by atoms with Crippen LogP contribution in [0.3, 0.4) is 0 Å². The molecule has 0 radical (unpaired) electrons. The number of piperazine rings is 1. The molecule has 142 valence electrons. The van der Waals surface area contributed by atoms with E-state index < -0.39 is 20.0 Å². The van der Waals surface area contributed by atoms with Crippen molar-refractivity contribution in [2.24, 2.45) is 0 Å². The van der Waals surface area contributed by atoms with Gasteiger partial charge >= 0.3 is 0 Å². The van der Waals surface area contributed by atoms with E-state index in [4.69, 9.17) is 5.26 Å². The van der Waals surface area contributed by atoms with Crippen LogP contribution in [0.25, 0.3) is 0 Å². The molecule has 0 N–H and O–H groups in total. The Hall–Kier alpha value is -2.25. The summed E-state index contributed by atoms with van der Waals surface area (Å²) < 4.78 is 53.8. The SMILES string of the molecule is Cc1cccc(S(=O)(=O)N2CCN(S(=O)(=O)c3ccccc3C#N)CC2)c1. The van der Waals surface area contributed by atoms with Gasteiger partial charge in [-0.3, -0.25) is 0 Å². The van der Waals surface area contributed by atoms with Gasteiger partial charge in [0.2, 0.25) is 20.0 Å². The van der Waals surface area contributed by atoms with Crippen LogP contribution in [0.5, 0.6) is 0 Å². The maximum atomic E-state index is 12.8. The summed E-state index contributed by atoms with van der Waals surface area (Å²) in [5.41, 5.74) is 0.915. The minimum Gasteiger partial charge on any atom is -0.207 e. The van der Waals surface area contributed by atoms with Crippen molar-refractivity contribution in [3.8, 4) is 6.07 Å². The smallest absolute Gasteiger partial charge is 0.207 e. The fourth-order valence-electron chi connectivity index (χ4n) is 3.00. The molecule has 0 saturated carbocycles. The summed E-state index contributed by atoms with van der Waals surface area (Å²) in [6.07, 6.45) is 0. The topological polar surface area (TPSA) is 98.6 Å². The summed E-state index contributed by atoms with van der Waals surface area (Å²) in [6, 6.07) is 14.5. The van der Waals surface area contributed by atoms with Crippen LogP contribution in [0.1, 0.15) is 11.1 Å². The number of aryl methyl sites for hydroxylation is 1. The molecule has 27 heavy (non-hydrogen) atoms. The van der Waals surface area contributed by atoms with Gasteiger partial charge in [0.05, 0.1) is 15.4 Å². The molecule has 1 fully saturated rings. The van der Waals surface area contributed by atoms with E-state index in [1.54, 1.807) is 24.3 Å². The molecule has 0 unspecified atom stereocenters.